The Hall–Kier alpha value is -2.39. The molecule has 3 atom stereocenters. The molecular weight excluding hydrogens is 360 g/mol. The zero-order valence-electron chi connectivity index (χ0n) is 14.6. The van der Waals surface area contributed by atoms with Crippen molar-refractivity contribution in [3.05, 3.63) is 33.8 Å². The van der Waals surface area contributed by atoms with Gasteiger partial charge in [0.15, 0.2) is 11.9 Å². The summed E-state index contributed by atoms with van der Waals surface area (Å²) < 4.78 is 5.76. The van der Waals surface area contributed by atoms with Crippen LogP contribution in [0.3, 0.4) is 0 Å². The topological polar surface area (TPSA) is 116 Å². The predicted molar refractivity (Wildman–Crippen MR) is 92.0 cm³/mol. The second kappa shape index (κ2) is 6.40. The van der Waals surface area contributed by atoms with Gasteiger partial charge in [-0.05, 0) is 18.4 Å². The molecule has 0 aliphatic carbocycles. The lowest BCUT2D eigenvalue weighted by molar-refractivity contribution is -0.183. The average molecular weight is 380 g/mol. The van der Waals surface area contributed by atoms with Crippen LogP contribution < -0.4 is 5.32 Å². The van der Waals surface area contributed by atoms with E-state index < -0.39 is 35.5 Å². The monoisotopic (exact) mass is 380 g/mol. The maximum atomic E-state index is 12.2. The van der Waals surface area contributed by atoms with Crippen LogP contribution in [0.25, 0.3) is 0 Å². The summed E-state index contributed by atoms with van der Waals surface area (Å²) in [4.78, 5) is 37.7. The number of hydrogen-bond donors (Lipinski definition) is 3. The predicted octanol–water partition coefficient (Wildman–Crippen LogP) is 0.996. The van der Waals surface area contributed by atoms with E-state index in [1.54, 1.807) is 31.4 Å². The van der Waals surface area contributed by atoms with E-state index in [9.17, 15) is 24.6 Å². The number of rotatable bonds is 6. The second-order valence-corrected chi connectivity index (χ2v) is 7.96. The van der Waals surface area contributed by atoms with Crippen molar-refractivity contribution >= 4 is 29.1 Å². The van der Waals surface area contributed by atoms with Crippen molar-refractivity contribution in [2.24, 2.45) is 11.3 Å². The third-order valence-electron chi connectivity index (χ3n) is 4.55. The first kappa shape index (κ1) is 18.4. The first-order valence-electron chi connectivity index (χ1n) is 8.12. The van der Waals surface area contributed by atoms with Crippen molar-refractivity contribution in [1.82, 2.24) is 10.2 Å². The van der Waals surface area contributed by atoms with Gasteiger partial charge in [-0.25, -0.2) is 4.79 Å². The number of carbonyl (C=O) groups excluding carboxylic acids is 2. The Bertz CT molecular complexity index is 783. The fraction of sp³-hybridized carbons (Fsp3) is 0.471. The van der Waals surface area contributed by atoms with E-state index in [-0.39, 0.29) is 23.9 Å². The summed E-state index contributed by atoms with van der Waals surface area (Å²) in [7, 11) is 0. The van der Waals surface area contributed by atoms with E-state index >= 15 is 0 Å². The van der Waals surface area contributed by atoms with Crippen LogP contribution in [0, 0.1) is 11.3 Å². The lowest BCUT2D eigenvalue weighted by atomic mass is 9.88. The smallest absolute Gasteiger partial charge is 0.356 e. The zero-order chi connectivity index (χ0) is 19.2. The number of nitrogens with one attached hydrogen (secondary N) is 1. The molecule has 1 aromatic heterocycles. The molecule has 9 heteroatoms. The van der Waals surface area contributed by atoms with Gasteiger partial charge in [0.05, 0.1) is 11.0 Å². The number of thiophene rings is 1. The van der Waals surface area contributed by atoms with Gasteiger partial charge >= 0.3 is 5.97 Å². The van der Waals surface area contributed by atoms with Crippen molar-refractivity contribution in [3.8, 4) is 0 Å². The van der Waals surface area contributed by atoms with Crippen molar-refractivity contribution < 1.29 is 29.3 Å². The summed E-state index contributed by atoms with van der Waals surface area (Å²) in [5.41, 5.74) is -1.09. The maximum absolute atomic E-state index is 12.2. The third kappa shape index (κ3) is 2.86. The molecule has 0 radical (unpaired) electrons. The van der Waals surface area contributed by atoms with E-state index in [0.29, 0.717) is 4.88 Å². The van der Waals surface area contributed by atoms with Gasteiger partial charge in [-0.15, -0.1) is 11.3 Å². The third-order valence-corrected chi connectivity index (χ3v) is 5.42. The summed E-state index contributed by atoms with van der Waals surface area (Å²) in [6.07, 6.45) is -1.77. The molecular formula is C17H20N2O6S. The van der Waals surface area contributed by atoms with E-state index in [1.165, 1.54) is 18.3 Å². The van der Waals surface area contributed by atoms with E-state index in [2.05, 4.69) is 5.32 Å². The number of nitrogens with zero attached hydrogens (tertiary/aromatic N) is 1. The molecule has 140 valence electrons. The molecule has 0 unspecified atom stereocenters. The molecule has 2 aliphatic rings. The Morgan fingerprint density at radius 1 is 1.46 bits per heavy atom. The molecule has 1 aromatic rings. The van der Waals surface area contributed by atoms with Crippen LogP contribution in [-0.4, -0.2) is 51.8 Å². The molecule has 1 saturated heterocycles. The molecule has 3 N–H and O–H groups in total. The standard InChI is InChI=1S/C17H20N2O6S/c1-8(20)10-14(22)19-11(16(23)24)12(25-15(10)19)17(2,3)7-18-13(21)9-5-4-6-26-9/h4-6,8,10,15,20H,7H2,1-3H3,(H,18,21)(H,23,24)/t8-,10+,15-/m1/s1. The highest BCUT2D eigenvalue weighted by Crippen LogP contribution is 2.46. The van der Waals surface area contributed by atoms with Crippen LogP contribution >= 0.6 is 11.3 Å². The summed E-state index contributed by atoms with van der Waals surface area (Å²) in [5, 5.41) is 23.9. The SMILES string of the molecule is C[C@@H](O)[C@H]1C(=O)N2C(C(=O)O)=C(C(C)(C)CNC(=O)c3cccs3)O[C@H]12. The largest absolute Gasteiger partial charge is 0.476 e. The van der Waals surface area contributed by atoms with Crippen LogP contribution in [0.1, 0.15) is 30.4 Å². The number of fused-ring (bicyclic) bond motifs is 1. The number of carbonyl (C=O) groups is 3. The van der Waals surface area contributed by atoms with Gasteiger partial charge in [-0.2, -0.15) is 0 Å². The molecule has 0 saturated carbocycles. The van der Waals surface area contributed by atoms with Crippen LogP contribution in [-0.2, 0) is 14.3 Å². The minimum Gasteiger partial charge on any atom is -0.476 e. The highest BCUT2D eigenvalue weighted by molar-refractivity contribution is 7.12. The number of amides is 2. The number of carboxylic acid groups (broad SMARTS) is 1. The van der Waals surface area contributed by atoms with Crippen LogP contribution in [0.15, 0.2) is 29.0 Å². The van der Waals surface area contributed by atoms with Gasteiger partial charge in [0.1, 0.15) is 11.7 Å². The highest BCUT2D eigenvalue weighted by atomic mass is 32.1. The normalized spacial score (nSPS) is 23.2. The number of carboxylic acids is 1. The number of aliphatic hydroxyl groups is 1. The zero-order valence-corrected chi connectivity index (χ0v) is 15.4. The Morgan fingerprint density at radius 2 is 2.15 bits per heavy atom. The minimum atomic E-state index is -1.28. The van der Waals surface area contributed by atoms with Gasteiger partial charge in [0, 0.05) is 12.0 Å². The van der Waals surface area contributed by atoms with Crippen molar-refractivity contribution in [2.45, 2.75) is 33.1 Å². The van der Waals surface area contributed by atoms with Gasteiger partial charge < -0.3 is 20.3 Å². The average Bonchev–Trinajstić information content (AvgIpc) is 3.18. The lowest BCUT2D eigenvalue weighted by Crippen LogP contribution is -2.62. The fourth-order valence-corrected chi connectivity index (χ4v) is 3.78. The van der Waals surface area contributed by atoms with Crippen LogP contribution in [0.4, 0.5) is 0 Å². The van der Waals surface area contributed by atoms with Gasteiger partial charge in [0.25, 0.3) is 5.91 Å². The summed E-state index contributed by atoms with van der Waals surface area (Å²) in [6.45, 7) is 5.06. The summed E-state index contributed by atoms with van der Waals surface area (Å²) in [5.74, 6) is -2.69. The Balaban J connectivity index is 1.81. The van der Waals surface area contributed by atoms with Crippen molar-refractivity contribution in [1.29, 1.82) is 0 Å². The highest BCUT2D eigenvalue weighted by Gasteiger charge is 2.60. The van der Waals surface area contributed by atoms with E-state index in [4.69, 9.17) is 4.74 Å². The van der Waals surface area contributed by atoms with Gasteiger partial charge in [0.2, 0.25) is 5.91 Å². The minimum absolute atomic E-state index is 0.123. The Kier molecular flexibility index (Phi) is 4.53. The maximum Gasteiger partial charge on any atom is 0.356 e. The molecule has 0 aromatic carbocycles. The van der Waals surface area contributed by atoms with Gasteiger partial charge in [-0.3, -0.25) is 14.5 Å². The molecule has 2 aliphatic heterocycles. The quantitative estimate of drug-likeness (QED) is 0.634. The Labute approximate surface area is 154 Å². The second-order valence-electron chi connectivity index (χ2n) is 7.01. The Morgan fingerprint density at radius 3 is 2.69 bits per heavy atom. The molecule has 8 nitrogen and oxygen atoms in total. The number of aliphatic carboxylic acids is 1. The molecule has 0 spiro atoms. The molecule has 0 bridgehead atoms. The van der Waals surface area contributed by atoms with E-state index in [1.807, 2.05) is 0 Å². The first-order valence-corrected chi connectivity index (χ1v) is 9.00. The lowest BCUT2D eigenvalue weighted by Gasteiger charge is -2.42. The van der Waals surface area contributed by atoms with Crippen molar-refractivity contribution in [2.75, 3.05) is 6.54 Å². The summed E-state index contributed by atoms with van der Waals surface area (Å²) >= 11 is 1.30. The molecule has 3 heterocycles. The number of β-lactam (4-membered cyclic amide) rings is 1. The van der Waals surface area contributed by atoms with Crippen LogP contribution in [0.5, 0.6) is 0 Å². The van der Waals surface area contributed by atoms with Gasteiger partial charge in [-0.1, -0.05) is 19.9 Å². The van der Waals surface area contributed by atoms with Crippen molar-refractivity contribution in [3.63, 3.8) is 0 Å². The fourth-order valence-electron chi connectivity index (χ4n) is 3.14. The molecule has 26 heavy (non-hydrogen) atoms. The first-order chi connectivity index (χ1) is 12.1. The number of ether oxygens (including phenoxy) is 1. The number of hydrogen-bond acceptors (Lipinski definition) is 6. The summed E-state index contributed by atoms with van der Waals surface area (Å²) in [6, 6.07) is 3.46. The molecule has 3 rings (SSSR count). The van der Waals surface area contributed by atoms with E-state index in [0.717, 1.165) is 4.90 Å². The number of aliphatic hydroxyl groups excluding tert-OH is 1. The molecule has 1 fully saturated rings. The molecule has 2 amide bonds. The van der Waals surface area contributed by atoms with Crippen LogP contribution in [0.2, 0.25) is 0 Å².